The fourth-order valence-electron chi connectivity index (χ4n) is 2.58. The lowest BCUT2D eigenvalue weighted by Gasteiger charge is -2.14. The predicted molar refractivity (Wildman–Crippen MR) is 75.2 cm³/mol. The second-order valence-corrected chi connectivity index (χ2v) is 5.45. The van der Waals surface area contributed by atoms with Crippen LogP contribution in [0, 0.1) is 6.92 Å². The van der Waals surface area contributed by atoms with Crippen LogP contribution in [0.25, 0.3) is 0 Å². The summed E-state index contributed by atoms with van der Waals surface area (Å²) in [7, 11) is 0. The molecule has 2 rings (SSSR count). The average Bonchev–Trinajstić information content (AvgIpc) is 2.61. The number of nitrogens with one attached hydrogen (secondary N) is 1. The van der Waals surface area contributed by atoms with Gasteiger partial charge in [0.25, 0.3) is 0 Å². The average molecular weight is 267 g/mol. The Morgan fingerprint density at radius 2 is 2.22 bits per heavy atom. The first-order chi connectivity index (χ1) is 8.45. The lowest BCUT2D eigenvalue weighted by molar-refractivity contribution is -0.117. The number of hydrogen-bond acceptors (Lipinski definition) is 2. The number of nitrogens with two attached hydrogens (primary N) is 1. The van der Waals surface area contributed by atoms with E-state index in [4.69, 9.17) is 17.3 Å². The summed E-state index contributed by atoms with van der Waals surface area (Å²) in [5.41, 5.74) is 9.80. The van der Waals surface area contributed by atoms with E-state index in [0.717, 1.165) is 40.2 Å². The molecule has 0 radical (unpaired) electrons. The van der Waals surface area contributed by atoms with E-state index in [1.807, 2.05) is 26.8 Å². The Labute approximate surface area is 113 Å². The molecule has 0 fully saturated rings. The molecule has 18 heavy (non-hydrogen) atoms. The number of benzene rings is 1. The lowest BCUT2D eigenvalue weighted by Crippen LogP contribution is -2.18. The Balaban J connectivity index is 2.53. The summed E-state index contributed by atoms with van der Waals surface area (Å²) in [5.74, 6) is 0.0208. The second-order valence-electron chi connectivity index (χ2n) is 5.07. The maximum absolute atomic E-state index is 11.9. The molecule has 98 valence electrons. The van der Waals surface area contributed by atoms with E-state index in [1.54, 1.807) is 0 Å². The standard InChI is InChI=1S/C14H19ClN2O/c1-4-10-11-6-9(5-7(2)16)12(15)8(3)13(11)17-14(10)18/h6-7,10H,4-5,16H2,1-3H3,(H,17,18). The van der Waals surface area contributed by atoms with Crippen molar-refractivity contribution >= 4 is 23.2 Å². The van der Waals surface area contributed by atoms with Crippen molar-refractivity contribution in [1.82, 2.24) is 0 Å². The van der Waals surface area contributed by atoms with Crippen molar-refractivity contribution in [1.29, 1.82) is 0 Å². The van der Waals surface area contributed by atoms with Crippen molar-refractivity contribution in [3.8, 4) is 0 Å². The molecular formula is C14H19ClN2O. The summed E-state index contributed by atoms with van der Waals surface area (Å²) in [5, 5.41) is 3.66. The van der Waals surface area contributed by atoms with Gasteiger partial charge in [-0.3, -0.25) is 4.79 Å². The minimum Gasteiger partial charge on any atom is -0.328 e. The first kappa shape index (κ1) is 13.4. The highest BCUT2D eigenvalue weighted by molar-refractivity contribution is 6.33. The lowest BCUT2D eigenvalue weighted by atomic mass is 9.92. The molecule has 0 aliphatic carbocycles. The Bertz CT molecular complexity index is 497. The number of rotatable bonds is 3. The molecule has 1 aromatic rings. The summed E-state index contributed by atoms with van der Waals surface area (Å²) in [6, 6.07) is 2.10. The fourth-order valence-corrected chi connectivity index (χ4v) is 2.81. The van der Waals surface area contributed by atoms with Crippen LogP contribution in [0.1, 0.15) is 42.9 Å². The van der Waals surface area contributed by atoms with Crippen molar-refractivity contribution in [2.24, 2.45) is 5.73 Å². The van der Waals surface area contributed by atoms with Gasteiger partial charge < -0.3 is 11.1 Å². The Morgan fingerprint density at radius 1 is 1.56 bits per heavy atom. The first-order valence-electron chi connectivity index (χ1n) is 6.34. The predicted octanol–water partition coefficient (Wildman–Crippen LogP) is 2.98. The van der Waals surface area contributed by atoms with Crippen LogP contribution in [0.5, 0.6) is 0 Å². The van der Waals surface area contributed by atoms with Gasteiger partial charge in [-0.05, 0) is 43.4 Å². The third kappa shape index (κ3) is 2.13. The van der Waals surface area contributed by atoms with Crippen LogP contribution in [0.2, 0.25) is 5.02 Å². The van der Waals surface area contributed by atoms with E-state index in [9.17, 15) is 4.79 Å². The SMILES string of the molecule is CCC1C(=O)Nc2c1cc(CC(C)N)c(Cl)c2C. The highest BCUT2D eigenvalue weighted by Crippen LogP contribution is 2.41. The van der Waals surface area contributed by atoms with Gasteiger partial charge in [0.2, 0.25) is 5.91 Å². The molecule has 0 aromatic heterocycles. The smallest absolute Gasteiger partial charge is 0.232 e. The van der Waals surface area contributed by atoms with Gasteiger partial charge in [-0.2, -0.15) is 0 Å². The van der Waals surface area contributed by atoms with Crippen LogP contribution in [0.4, 0.5) is 5.69 Å². The van der Waals surface area contributed by atoms with Crippen LogP contribution in [0.15, 0.2) is 6.07 Å². The van der Waals surface area contributed by atoms with Crippen molar-refractivity contribution in [3.05, 3.63) is 27.8 Å². The Hall–Kier alpha value is -1.06. The zero-order valence-electron chi connectivity index (χ0n) is 11.0. The molecule has 2 atom stereocenters. The monoisotopic (exact) mass is 266 g/mol. The number of carbonyl (C=O) groups excluding carboxylic acids is 1. The van der Waals surface area contributed by atoms with Crippen molar-refractivity contribution in [2.75, 3.05) is 5.32 Å². The van der Waals surface area contributed by atoms with E-state index in [1.165, 1.54) is 0 Å². The summed E-state index contributed by atoms with van der Waals surface area (Å²) in [6.45, 7) is 5.93. The van der Waals surface area contributed by atoms with Gasteiger partial charge >= 0.3 is 0 Å². The second kappa shape index (κ2) is 4.90. The van der Waals surface area contributed by atoms with Crippen molar-refractivity contribution in [2.45, 2.75) is 45.6 Å². The fraction of sp³-hybridized carbons (Fsp3) is 0.500. The minimum atomic E-state index is -0.0530. The zero-order chi connectivity index (χ0) is 13.4. The normalized spacial score (nSPS) is 19.6. The zero-order valence-corrected chi connectivity index (χ0v) is 11.8. The Kier molecular flexibility index (Phi) is 3.64. The van der Waals surface area contributed by atoms with E-state index in [2.05, 4.69) is 5.32 Å². The number of hydrogen-bond donors (Lipinski definition) is 2. The largest absolute Gasteiger partial charge is 0.328 e. The van der Waals surface area contributed by atoms with Gasteiger partial charge in [0.15, 0.2) is 0 Å². The maximum Gasteiger partial charge on any atom is 0.232 e. The van der Waals surface area contributed by atoms with Gasteiger partial charge in [0.1, 0.15) is 0 Å². The maximum atomic E-state index is 11.9. The summed E-state index contributed by atoms with van der Waals surface area (Å²) < 4.78 is 0. The molecule has 4 heteroatoms. The van der Waals surface area contributed by atoms with Gasteiger partial charge in [-0.15, -0.1) is 0 Å². The van der Waals surface area contributed by atoms with E-state index < -0.39 is 0 Å². The van der Waals surface area contributed by atoms with Gasteiger partial charge in [0, 0.05) is 16.8 Å². The molecule has 0 saturated heterocycles. The summed E-state index contributed by atoms with van der Waals surface area (Å²) >= 11 is 6.35. The highest BCUT2D eigenvalue weighted by atomic mass is 35.5. The first-order valence-corrected chi connectivity index (χ1v) is 6.71. The Morgan fingerprint density at radius 3 is 2.78 bits per heavy atom. The molecule has 0 saturated carbocycles. The van der Waals surface area contributed by atoms with Crippen LogP contribution in [-0.4, -0.2) is 11.9 Å². The molecule has 2 unspecified atom stereocenters. The highest BCUT2D eigenvalue weighted by Gasteiger charge is 2.31. The van der Waals surface area contributed by atoms with Crippen LogP contribution < -0.4 is 11.1 Å². The van der Waals surface area contributed by atoms with E-state index >= 15 is 0 Å². The van der Waals surface area contributed by atoms with Crippen molar-refractivity contribution in [3.63, 3.8) is 0 Å². The topological polar surface area (TPSA) is 55.1 Å². The van der Waals surface area contributed by atoms with Gasteiger partial charge in [-0.1, -0.05) is 24.6 Å². The number of halogens is 1. The molecule has 1 aliphatic rings. The summed E-state index contributed by atoms with van der Waals surface area (Å²) in [6.07, 6.45) is 1.54. The van der Waals surface area contributed by atoms with Gasteiger partial charge in [0.05, 0.1) is 5.92 Å². The molecule has 0 bridgehead atoms. The van der Waals surface area contributed by atoms with Gasteiger partial charge in [-0.25, -0.2) is 0 Å². The molecule has 0 spiro atoms. The third-order valence-corrected chi connectivity index (χ3v) is 4.02. The number of fused-ring (bicyclic) bond motifs is 1. The molecule has 1 aliphatic heterocycles. The number of amides is 1. The van der Waals surface area contributed by atoms with Crippen molar-refractivity contribution < 1.29 is 4.79 Å². The number of carbonyl (C=O) groups is 1. The quantitative estimate of drug-likeness (QED) is 0.884. The van der Waals surface area contributed by atoms with Crippen LogP contribution in [-0.2, 0) is 11.2 Å². The molecule has 3 nitrogen and oxygen atoms in total. The molecule has 1 amide bonds. The molecule has 1 aromatic carbocycles. The van der Waals surface area contributed by atoms with Crippen LogP contribution in [0.3, 0.4) is 0 Å². The number of anilines is 1. The minimum absolute atomic E-state index is 0.0530. The summed E-state index contributed by atoms with van der Waals surface area (Å²) in [4.78, 5) is 11.9. The molecular weight excluding hydrogens is 248 g/mol. The molecule has 1 heterocycles. The van der Waals surface area contributed by atoms with Crippen LogP contribution >= 0.6 is 11.6 Å². The molecule has 3 N–H and O–H groups in total. The third-order valence-electron chi connectivity index (χ3n) is 3.49. The van der Waals surface area contributed by atoms with E-state index in [-0.39, 0.29) is 17.9 Å². The van der Waals surface area contributed by atoms with E-state index in [0.29, 0.717) is 0 Å².